The summed E-state index contributed by atoms with van der Waals surface area (Å²) in [6.45, 7) is 4.27. The van der Waals surface area contributed by atoms with E-state index in [1.54, 1.807) is 6.07 Å². The SMILES string of the molecule is CC(C)CC(N)c1cccc(Cl)c1Cl. The molecule has 0 aromatic heterocycles. The summed E-state index contributed by atoms with van der Waals surface area (Å²) < 4.78 is 0. The van der Waals surface area contributed by atoms with Crippen LogP contribution in [-0.2, 0) is 0 Å². The third-order valence-corrected chi connectivity index (χ3v) is 2.94. The lowest BCUT2D eigenvalue weighted by Gasteiger charge is -2.16. The maximum atomic E-state index is 6.06. The van der Waals surface area contributed by atoms with Crippen LogP contribution in [0.3, 0.4) is 0 Å². The summed E-state index contributed by atoms with van der Waals surface area (Å²) in [6, 6.07) is 5.56. The first kappa shape index (κ1) is 11.8. The Morgan fingerprint density at radius 2 is 1.93 bits per heavy atom. The summed E-state index contributed by atoms with van der Waals surface area (Å²) >= 11 is 12.0. The Morgan fingerprint density at radius 3 is 2.50 bits per heavy atom. The molecule has 14 heavy (non-hydrogen) atoms. The monoisotopic (exact) mass is 231 g/mol. The Bertz CT molecular complexity index is 310. The third kappa shape index (κ3) is 2.88. The lowest BCUT2D eigenvalue weighted by atomic mass is 9.98. The van der Waals surface area contributed by atoms with Gasteiger partial charge in [-0.15, -0.1) is 0 Å². The van der Waals surface area contributed by atoms with Crippen molar-refractivity contribution in [3.05, 3.63) is 33.8 Å². The van der Waals surface area contributed by atoms with Crippen molar-refractivity contribution in [2.75, 3.05) is 0 Å². The highest BCUT2D eigenvalue weighted by molar-refractivity contribution is 6.42. The van der Waals surface area contributed by atoms with Gasteiger partial charge in [0.25, 0.3) is 0 Å². The Balaban J connectivity index is 2.89. The Morgan fingerprint density at radius 1 is 1.29 bits per heavy atom. The van der Waals surface area contributed by atoms with E-state index in [1.807, 2.05) is 12.1 Å². The molecular formula is C11H15Cl2N. The summed E-state index contributed by atoms with van der Waals surface area (Å²) in [5.74, 6) is 0.556. The molecule has 0 fully saturated rings. The van der Waals surface area contributed by atoms with Gasteiger partial charge in [0.2, 0.25) is 0 Å². The van der Waals surface area contributed by atoms with Crippen LogP contribution < -0.4 is 5.73 Å². The second-order valence-corrected chi connectivity index (χ2v) is 4.66. The molecule has 0 spiro atoms. The smallest absolute Gasteiger partial charge is 0.0640 e. The molecule has 0 heterocycles. The summed E-state index contributed by atoms with van der Waals surface area (Å²) in [6.07, 6.45) is 0.917. The zero-order valence-corrected chi connectivity index (χ0v) is 9.94. The summed E-state index contributed by atoms with van der Waals surface area (Å²) in [7, 11) is 0. The van der Waals surface area contributed by atoms with Crippen LogP contribution in [0.15, 0.2) is 18.2 Å². The first-order chi connectivity index (χ1) is 6.52. The Kier molecular flexibility index (Phi) is 4.24. The van der Waals surface area contributed by atoms with Crippen LogP contribution in [0.5, 0.6) is 0 Å². The van der Waals surface area contributed by atoms with Crippen molar-refractivity contribution in [1.29, 1.82) is 0 Å². The van der Waals surface area contributed by atoms with E-state index in [9.17, 15) is 0 Å². The van der Waals surface area contributed by atoms with Gasteiger partial charge < -0.3 is 5.73 Å². The van der Waals surface area contributed by atoms with E-state index in [0.717, 1.165) is 12.0 Å². The Labute approximate surface area is 95.2 Å². The molecule has 1 aromatic carbocycles. The molecule has 1 rings (SSSR count). The van der Waals surface area contributed by atoms with Crippen molar-refractivity contribution in [3.63, 3.8) is 0 Å². The number of benzene rings is 1. The molecule has 3 heteroatoms. The van der Waals surface area contributed by atoms with Crippen LogP contribution in [0, 0.1) is 5.92 Å². The molecule has 0 aliphatic rings. The van der Waals surface area contributed by atoms with Crippen molar-refractivity contribution in [1.82, 2.24) is 0 Å². The molecule has 1 aromatic rings. The van der Waals surface area contributed by atoms with Crippen molar-refractivity contribution < 1.29 is 0 Å². The van der Waals surface area contributed by atoms with E-state index in [-0.39, 0.29) is 6.04 Å². The van der Waals surface area contributed by atoms with Gasteiger partial charge >= 0.3 is 0 Å². The fourth-order valence-electron chi connectivity index (χ4n) is 1.44. The lowest BCUT2D eigenvalue weighted by molar-refractivity contribution is 0.510. The van der Waals surface area contributed by atoms with Crippen LogP contribution in [0.25, 0.3) is 0 Å². The van der Waals surface area contributed by atoms with Gasteiger partial charge in [0.15, 0.2) is 0 Å². The van der Waals surface area contributed by atoms with Crippen molar-refractivity contribution in [2.24, 2.45) is 11.7 Å². The van der Waals surface area contributed by atoms with E-state index in [4.69, 9.17) is 28.9 Å². The zero-order valence-electron chi connectivity index (χ0n) is 8.43. The molecule has 0 aliphatic heterocycles. The van der Waals surface area contributed by atoms with E-state index in [1.165, 1.54) is 0 Å². The van der Waals surface area contributed by atoms with Crippen molar-refractivity contribution in [3.8, 4) is 0 Å². The first-order valence-electron chi connectivity index (χ1n) is 4.72. The highest BCUT2D eigenvalue weighted by atomic mass is 35.5. The van der Waals surface area contributed by atoms with Crippen molar-refractivity contribution >= 4 is 23.2 Å². The van der Waals surface area contributed by atoms with Gasteiger partial charge in [-0.2, -0.15) is 0 Å². The van der Waals surface area contributed by atoms with Crippen LogP contribution >= 0.6 is 23.2 Å². The van der Waals surface area contributed by atoms with Crippen LogP contribution in [0.1, 0.15) is 31.9 Å². The van der Waals surface area contributed by atoms with E-state index in [0.29, 0.717) is 16.0 Å². The van der Waals surface area contributed by atoms with Gasteiger partial charge in [-0.05, 0) is 24.0 Å². The molecular weight excluding hydrogens is 217 g/mol. The maximum Gasteiger partial charge on any atom is 0.0640 e. The van der Waals surface area contributed by atoms with Gasteiger partial charge in [0.05, 0.1) is 10.0 Å². The minimum absolute atomic E-state index is 0.0267. The van der Waals surface area contributed by atoms with Crippen molar-refractivity contribution in [2.45, 2.75) is 26.3 Å². The number of nitrogens with two attached hydrogens (primary N) is 1. The highest BCUT2D eigenvalue weighted by Gasteiger charge is 2.13. The highest BCUT2D eigenvalue weighted by Crippen LogP contribution is 2.31. The molecule has 1 unspecified atom stereocenters. The molecule has 78 valence electrons. The van der Waals surface area contributed by atoms with Crippen LogP contribution in [-0.4, -0.2) is 0 Å². The molecule has 0 saturated carbocycles. The predicted molar refractivity (Wildman–Crippen MR) is 62.8 cm³/mol. The molecule has 0 radical (unpaired) electrons. The minimum atomic E-state index is -0.0267. The third-order valence-electron chi connectivity index (χ3n) is 2.11. The first-order valence-corrected chi connectivity index (χ1v) is 5.47. The second kappa shape index (κ2) is 5.01. The van der Waals surface area contributed by atoms with Gasteiger partial charge in [-0.1, -0.05) is 49.2 Å². The second-order valence-electron chi connectivity index (χ2n) is 3.88. The topological polar surface area (TPSA) is 26.0 Å². The average molecular weight is 232 g/mol. The molecule has 0 saturated heterocycles. The molecule has 1 atom stereocenters. The quantitative estimate of drug-likeness (QED) is 0.836. The van der Waals surface area contributed by atoms with Crippen LogP contribution in [0.2, 0.25) is 10.0 Å². The molecule has 2 N–H and O–H groups in total. The van der Waals surface area contributed by atoms with Gasteiger partial charge in [-0.3, -0.25) is 0 Å². The minimum Gasteiger partial charge on any atom is -0.324 e. The van der Waals surface area contributed by atoms with E-state index in [2.05, 4.69) is 13.8 Å². The summed E-state index contributed by atoms with van der Waals surface area (Å²) in [5, 5.41) is 1.16. The van der Waals surface area contributed by atoms with E-state index >= 15 is 0 Å². The fourth-order valence-corrected chi connectivity index (χ4v) is 1.89. The summed E-state index contributed by atoms with van der Waals surface area (Å²) in [4.78, 5) is 0. The number of rotatable bonds is 3. The number of hydrogen-bond donors (Lipinski definition) is 1. The van der Waals surface area contributed by atoms with Gasteiger partial charge in [0, 0.05) is 6.04 Å². The fraction of sp³-hybridized carbons (Fsp3) is 0.455. The van der Waals surface area contributed by atoms with E-state index < -0.39 is 0 Å². The average Bonchev–Trinajstić information content (AvgIpc) is 2.08. The van der Waals surface area contributed by atoms with Crippen LogP contribution in [0.4, 0.5) is 0 Å². The predicted octanol–water partition coefficient (Wildman–Crippen LogP) is 4.04. The zero-order chi connectivity index (χ0) is 10.7. The summed E-state index contributed by atoms with van der Waals surface area (Å²) in [5.41, 5.74) is 6.96. The normalized spacial score (nSPS) is 13.3. The number of halogens is 2. The number of hydrogen-bond acceptors (Lipinski definition) is 1. The molecule has 0 aliphatic carbocycles. The molecule has 0 bridgehead atoms. The molecule has 0 amide bonds. The lowest BCUT2D eigenvalue weighted by Crippen LogP contribution is -2.13. The molecule has 1 nitrogen and oxygen atoms in total. The Hall–Kier alpha value is -0.240. The van der Waals surface area contributed by atoms with Gasteiger partial charge in [-0.25, -0.2) is 0 Å². The standard InChI is InChI=1S/C11H15Cl2N/c1-7(2)6-10(14)8-4-3-5-9(12)11(8)13/h3-5,7,10H,6,14H2,1-2H3. The largest absolute Gasteiger partial charge is 0.324 e. The van der Waals surface area contributed by atoms with Gasteiger partial charge in [0.1, 0.15) is 0 Å². The maximum absolute atomic E-state index is 6.06.